The molecule has 72 valence electrons. The molecule has 0 aromatic rings. The van der Waals surface area contributed by atoms with Crippen LogP contribution in [0.4, 0.5) is 0 Å². The van der Waals surface area contributed by atoms with E-state index in [4.69, 9.17) is 0 Å². The van der Waals surface area contributed by atoms with Gasteiger partial charge in [0.05, 0.1) is 5.92 Å². The van der Waals surface area contributed by atoms with Gasteiger partial charge in [-0.05, 0) is 6.92 Å². The molecule has 0 amide bonds. The molecule has 0 saturated carbocycles. The highest BCUT2D eigenvalue weighted by molar-refractivity contribution is 4.87. The summed E-state index contributed by atoms with van der Waals surface area (Å²) in [6.07, 6.45) is 0. The molecule has 0 aromatic carbocycles. The van der Waals surface area contributed by atoms with E-state index in [9.17, 15) is 20.4 Å². The smallest absolute Gasteiger partial charge is 0.247 e. The zero-order valence-corrected chi connectivity index (χ0v) is 7.26. The molecule has 0 atom stereocenters. The van der Waals surface area contributed by atoms with Crippen molar-refractivity contribution in [1.29, 1.82) is 0 Å². The highest BCUT2D eigenvalue weighted by Crippen LogP contribution is 2.37. The van der Waals surface area contributed by atoms with Gasteiger partial charge in [-0.25, -0.2) is 0 Å². The van der Waals surface area contributed by atoms with Gasteiger partial charge in [0.25, 0.3) is 0 Å². The maximum Gasteiger partial charge on any atom is 0.247 e. The van der Waals surface area contributed by atoms with Crippen LogP contribution in [0.1, 0.15) is 6.92 Å². The summed E-state index contributed by atoms with van der Waals surface area (Å²) in [6, 6.07) is 0. The first-order chi connectivity index (χ1) is 5.22. The molecule has 0 aromatic heterocycles. The Morgan fingerprint density at radius 3 is 1.25 bits per heavy atom. The minimum atomic E-state index is -2.22. The topological polar surface area (TPSA) is 87.4 Å². The number of hydrogen-bond donors (Lipinski definition) is 4. The van der Waals surface area contributed by atoms with Crippen molar-refractivity contribution in [3.05, 3.63) is 0 Å². The van der Waals surface area contributed by atoms with E-state index in [1.54, 1.807) is 0 Å². The van der Waals surface area contributed by atoms with Crippen LogP contribution in [0.15, 0.2) is 0 Å². The van der Waals surface area contributed by atoms with Crippen LogP contribution in [0.5, 0.6) is 0 Å². The van der Waals surface area contributed by atoms with Gasteiger partial charge in [0.15, 0.2) is 0 Å². The first-order valence-electron chi connectivity index (χ1n) is 3.59. The zero-order valence-electron chi connectivity index (χ0n) is 7.26. The van der Waals surface area contributed by atoms with E-state index in [0.717, 1.165) is 10.0 Å². The normalized spacial score (nSPS) is 31.2. The summed E-state index contributed by atoms with van der Waals surface area (Å²) in [6.45, 7) is 1.33. The lowest BCUT2D eigenvalue weighted by atomic mass is 10.1. The molecule has 1 saturated heterocycles. The van der Waals surface area contributed by atoms with Gasteiger partial charge in [-0.3, -0.25) is 0 Å². The first kappa shape index (κ1) is 9.85. The highest BCUT2D eigenvalue weighted by Gasteiger charge is 2.60. The molecule has 0 radical (unpaired) electrons. The summed E-state index contributed by atoms with van der Waals surface area (Å²) >= 11 is 0. The second-order valence-corrected chi connectivity index (χ2v) is 3.14. The molecular weight excluding hydrogens is 164 g/mol. The molecule has 1 aliphatic heterocycles. The fourth-order valence-corrected chi connectivity index (χ4v) is 1.26. The Labute approximate surface area is 70.2 Å². The average Bonchev–Trinajstić information content (AvgIpc) is 2.06. The molecular formula is C6H14N2O4. The largest absolute Gasteiger partial charge is 0.352 e. The van der Waals surface area contributed by atoms with Crippen molar-refractivity contribution in [2.75, 3.05) is 14.1 Å². The quantitative estimate of drug-likeness (QED) is 0.312. The van der Waals surface area contributed by atoms with E-state index < -0.39 is 17.7 Å². The zero-order chi connectivity index (χ0) is 9.73. The van der Waals surface area contributed by atoms with E-state index in [-0.39, 0.29) is 0 Å². The summed E-state index contributed by atoms with van der Waals surface area (Å²) in [5.74, 6) is -5.55. The Hall–Kier alpha value is -0.240. The number of aliphatic hydroxyl groups is 4. The third-order valence-electron chi connectivity index (χ3n) is 2.56. The van der Waals surface area contributed by atoms with E-state index in [1.807, 2.05) is 0 Å². The second-order valence-electron chi connectivity index (χ2n) is 3.14. The van der Waals surface area contributed by atoms with E-state index in [0.29, 0.717) is 0 Å². The molecule has 0 spiro atoms. The van der Waals surface area contributed by atoms with Crippen molar-refractivity contribution in [2.24, 2.45) is 5.92 Å². The van der Waals surface area contributed by atoms with Crippen molar-refractivity contribution >= 4 is 0 Å². The van der Waals surface area contributed by atoms with Crippen LogP contribution in [-0.4, -0.2) is 56.4 Å². The van der Waals surface area contributed by atoms with Crippen LogP contribution in [0.3, 0.4) is 0 Å². The molecule has 0 aliphatic carbocycles. The van der Waals surface area contributed by atoms with Crippen molar-refractivity contribution in [1.82, 2.24) is 10.0 Å². The molecule has 12 heavy (non-hydrogen) atoms. The highest BCUT2D eigenvalue weighted by atomic mass is 16.6. The lowest BCUT2D eigenvalue weighted by molar-refractivity contribution is -0.295. The summed E-state index contributed by atoms with van der Waals surface area (Å²) in [4.78, 5) is 0. The minimum Gasteiger partial charge on any atom is -0.352 e. The number of hydrazine groups is 1. The molecule has 1 fully saturated rings. The lowest BCUT2D eigenvalue weighted by Crippen LogP contribution is -2.49. The van der Waals surface area contributed by atoms with Gasteiger partial charge in [-0.1, -0.05) is 0 Å². The fraction of sp³-hybridized carbons (Fsp3) is 1.00. The number of rotatable bonds is 0. The van der Waals surface area contributed by atoms with E-state index in [2.05, 4.69) is 0 Å². The second kappa shape index (κ2) is 2.38. The molecule has 1 aliphatic rings. The standard InChI is InChI=1S/C6H14N2O4/c1-4-5(9,10)7(2)8(3)6(4,11)12/h4,9-12H,1-3H3. The van der Waals surface area contributed by atoms with Crippen LogP contribution in [0, 0.1) is 5.92 Å². The monoisotopic (exact) mass is 178 g/mol. The van der Waals surface area contributed by atoms with Gasteiger partial charge >= 0.3 is 0 Å². The van der Waals surface area contributed by atoms with Crippen LogP contribution < -0.4 is 0 Å². The molecule has 4 N–H and O–H groups in total. The summed E-state index contributed by atoms with van der Waals surface area (Å²) in [7, 11) is 2.70. The Kier molecular flexibility index (Phi) is 1.95. The lowest BCUT2D eigenvalue weighted by Gasteiger charge is -2.29. The van der Waals surface area contributed by atoms with Crippen molar-refractivity contribution in [3.63, 3.8) is 0 Å². The van der Waals surface area contributed by atoms with Crippen LogP contribution in [0.2, 0.25) is 0 Å². The van der Waals surface area contributed by atoms with Gasteiger partial charge in [0, 0.05) is 14.1 Å². The molecule has 1 heterocycles. The third kappa shape index (κ3) is 0.972. The maximum absolute atomic E-state index is 9.36. The summed E-state index contributed by atoms with van der Waals surface area (Å²) in [5.41, 5.74) is 0. The van der Waals surface area contributed by atoms with Crippen molar-refractivity contribution in [2.45, 2.75) is 18.7 Å². The van der Waals surface area contributed by atoms with Gasteiger partial charge in [0.1, 0.15) is 0 Å². The molecule has 0 unspecified atom stereocenters. The minimum absolute atomic E-state index is 0.956. The average molecular weight is 178 g/mol. The molecule has 6 heteroatoms. The van der Waals surface area contributed by atoms with Gasteiger partial charge in [-0.2, -0.15) is 10.0 Å². The molecule has 6 nitrogen and oxygen atoms in total. The number of nitrogens with zero attached hydrogens (tertiary/aromatic N) is 2. The van der Waals surface area contributed by atoms with Crippen molar-refractivity contribution < 1.29 is 20.4 Å². The van der Waals surface area contributed by atoms with E-state index >= 15 is 0 Å². The Bertz CT molecular complexity index is 174. The van der Waals surface area contributed by atoms with Crippen LogP contribution >= 0.6 is 0 Å². The molecule has 1 rings (SSSR count). The predicted molar refractivity (Wildman–Crippen MR) is 39.0 cm³/mol. The third-order valence-corrected chi connectivity index (χ3v) is 2.56. The summed E-state index contributed by atoms with van der Waals surface area (Å²) in [5, 5.41) is 39.3. The van der Waals surface area contributed by atoms with Gasteiger partial charge < -0.3 is 20.4 Å². The fourth-order valence-electron chi connectivity index (χ4n) is 1.26. The SMILES string of the molecule is CC1C(O)(O)N(C)N(C)C1(O)O. The van der Waals surface area contributed by atoms with Crippen molar-refractivity contribution in [3.8, 4) is 0 Å². The van der Waals surface area contributed by atoms with Gasteiger partial charge in [-0.15, -0.1) is 0 Å². The Balaban J connectivity index is 3.03. The first-order valence-corrected chi connectivity index (χ1v) is 3.59. The van der Waals surface area contributed by atoms with Crippen LogP contribution in [0.25, 0.3) is 0 Å². The number of hydrogen-bond acceptors (Lipinski definition) is 6. The Morgan fingerprint density at radius 1 is 0.917 bits per heavy atom. The Morgan fingerprint density at radius 2 is 1.17 bits per heavy atom. The predicted octanol–water partition coefficient (Wildman–Crippen LogP) is -2.31. The molecule has 0 bridgehead atoms. The van der Waals surface area contributed by atoms with Crippen LogP contribution in [-0.2, 0) is 0 Å². The summed E-state index contributed by atoms with van der Waals surface area (Å²) < 4.78 is 0. The van der Waals surface area contributed by atoms with Gasteiger partial charge in [0.2, 0.25) is 11.8 Å². The maximum atomic E-state index is 9.36. The van der Waals surface area contributed by atoms with E-state index in [1.165, 1.54) is 21.0 Å².